The number of hydrogen-bond donors (Lipinski definition) is 3. The van der Waals surface area contributed by atoms with Gasteiger partial charge in [-0.25, -0.2) is 9.37 Å². The van der Waals surface area contributed by atoms with Gasteiger partial charge in [-0.15, -0.1) is 0 Å². The molecular formula is C24H22FN5. The fourth-order valence-electron chi connectivity index (χ4n) is 4.25. The zero-order chi connectivity index (χ0) is 20.5. The van der Waals surface area contributed by atoms with Crippen LogP contribution in [-0.2, 0) is 0 Å². The summed E-state index contributed by atoms with van der Waals surface area (Å²) >= 11 is 0. The molecule has 2 aromatic carbocycles. The number of nitrogens with zero attached hydrogens (tertiary/aromatic N) is 2. The summed E-state index contributed by atoms with van der Waals surface area (Å²) in [5.41, 5.74) is 4.02. The van der Waals surface area contributed by atoms with Crippen molar-refractivity contribution in [1.29, 1.82) is 5.41 Å². The van der Waals surface area contributed by atoms with Crippen molar-refractivity contribution in [2.45, 2.75) is 18.9 Å². The van der Waals surface area contributed by atoms with E-state index in [4.69, 9.17) is 5.41 Å². The Kier molecular flexibility index (Phi) is 4.67. The maximum Gasteiger partial charge on any atom is 0.130 e. The molecule has 0 amide bonds. The second-order valence-corrected chi connectivity index (χ2v) is 7.55. The highest BCUT2D eigenvalue weighted by Crippen LogP contribution is 2.32. The molecule has 1 atom stereocenters. The third-order valence-corrected chi connectivity index (χ3v) is 5.68. The molecule has 0 aliphatic carbocycles. The van der Waals surface area contributed by atoms with Crippen LogP contribution in [0, 0.1) is 11.2 Å². The van der Waals surface area contributed by atoms with Gasteiger partial charge >= 0.3 is 0 Å². The Morgan fingerprint density at radius 2 is 2.10 bits per heavy atom. The van der Waals surface area contributed by atoms with Crippen LogP contribution in [0.1, 0.15) is 30.3 Å². The van der Waals surface area contributed by atoms with Gasteiger partial charge in [-0.3, -0.25) is 5.41 Å². The normalized spacial score (nSPS) is 16.7. The highest BCUT2D eigenvalue weighted by atomic mass is 19.1. The van der Waals surface area contributed by atoms with E-state index >= 15 is 0 Å². The van der Waals surface area contributed by atoms with Gasteiger partial charge in [0.25, 0.3) is 0 Å². The van der Waals surface area contributed by atoms with Crippen LogP contribution in [0.3, 0.4) is 0 Å². The van der Waals surface area contributed by atoms with Crippen molar-refractivity contribution >= 4 is 22.8 Å². The molecule has 3 N–H and O–H groups in total. The Balaban J connectivity index is 1.34. The molecule has 0 saturated carbocycles. The molecule has 3 heterocycles. The molecule has 1 fully saturated rings. The lowest BCUT2D eigenvalue weighted by atomic mass is 10.0. The number of nitrogens with one attached hydrogen (secondary N) is 3. The molecule has 1 saturated heterocycles. The Labute approximate surface area is 173 Å². The van der Waals surface area contributed by atoms with Crippen LogP contribution < -0.4 is 0 Å². The molecular weight excluding hydrogens is 377 g/mol. The number of aromatic nitrogens is 3. The van der Waals surface area contributed by atoms with Crippen molar-refractivity contribution in [1.82, 2.24) is 19.9 Å². The van der Waals surface area contributed by atoms with Gasteiger partial charge in [-0.05, 0) is 54.8 Å². The standard InChI is InChI=1S/C24H22FN5/c25-17-5-1-4-16(14-17)22-8-3-13-30(22)23(26)9-10-24-28-15-21(29-24)18-6-2-7-20-19(18)11-12-27-20/h1-2,4-7,9-12,14-15,22,26-27H,3,8,13H2,(H,28,29)/b10-9-,26-23?. The van der Waals surface area contributed by atoms with Gasteiger partial charge in [-0.2, -0.15) is 0 Å². The van der Waals surface area contributed by atoms with Crippen LogP contribution in [0.4, 0.5) is 4.39 Å². The molecule has 1 aliphatic rings. The Hall–Kier alpha value is -3.67. The summed E-state index contributed by atoms with van der Waals surface area (Å²) in [4.78, 5) is 13.0. The van der Waals surface area contributed by atoms with Gasteiger partial charge in [0.05, 0.1) is 17.9 Å². The zero-order valence-electron chi connectivity index (χ0n) is 16.4. The summed E-state index contributed by atoms with van der Waals surface area (Å²) in [6.07, 6.45) is 9.24. The summed E-state index contributed by atoms with van der Waals surface area (Å²) in [5, 5.41) is 9.66. The van der Waals surface area contributed by atoms with E-state index in [-0.39, 0.29) is 11.9 Å². The summed E-state index contributed by atoms with van der Waals surface area (Å²) in [7, 11) is 0. The number of fused-ring (bicyclic) bond motifs is 1. The second kappa shape index (κ2) is 7.63. The third-order valence-electron chi connectivity index (χ3n) is 5.68. The first-order valence-corrected chi connectivity index (χ1v) is 10.1. The third kappa shape index (κ3) is 3.41. The molecule has 5 nitrogen and oxygen atoms in total. The predicted molar refractivity (Wildman–Crippen MR) is 118 cm³/mol. The number of H-pyrrole nitrogens is 2. The van der Waals surface area contributed by atoms with Gasteiger partial charge in [-0.1, -0.05) is 24.3 Å². The van der Waals surface area contributed by atoms with Crippen molar-refractivity contribution in [3.05, 3.63) is 84.2 Å². The fourth-order valence-corrected chi connectivity index (χ4v) is 4.25. The number of imidazole rings is 1. The van der Waals surface area contributed by atoms with Gasteiger partial charge in [0, 0.05) is 29.2 Å². The quantitative estimate of drug-likeness (QED) is 0.312. The largest absolute Gasteiger partial charge is 0.361 e. The summed E-state index contributed by atoms with van der Waals surface area (Å²) in [6, 6.07) is 14.9. The maximum atomic E-state index is 13.6. The van der Waals surface area contributed by atoms with Gasteiger partial charge < -0.3 is 14.9 Å². The smallest absolute Gasteiger partial charge is 0.130 e. The lowest BCUT2D eigenvalue weighted by Crippen LogP contribution is -2.28. The van der Waals surface area contributed by atoms with Crippen molar-refractivity contribution in [3.63, 3.8) is 0 Å². The van der Waals surface area contributed by atoms with Crippen LogP contribution in [0.5, 0.6) is 0 Å². The molecule has 5 rings (SSSR count). The Morgan fingerprint density at radius 3 is 3.00 bits per heavy atom. The summed E-state index contributed by atoms with van der Waals surface area (Å²) in [6.45, 7) is 0.795. The molecule has 1 unspecified atom stereocenters. The lowest BCUT2D eigenvalue weighted by Gasteiger charge is -2.26. The van der Waals surface area contributed by atoms with Gasteiger partial charge in [0.1, 0.15) is 17.5 Å². The maximum absolute atomic E-state index is 13.6. The highest BCUT2D eigenvalue weighted by molar-refractivity contribution is 5.95. The monoisotopic (exact) mass is 399 g/mol. The Morgan fingerprint density at radius 1 is 1.20 bits per heavy atom. The SMILES string of the molecule is N=C(/C=C\c1ncc(-c2cccc3[nH]ccc23)[nH]1)N1CCCC1c1cccc(F)c1. The van der Waals surface area contributed by atoms with Crippen LogP contribution in [0.2, 0.25) is 0 Å². The first-order valence-electron chi connectivity index (χ1n) is 10.1. The van der Waals surface area contributed by atoms with Crippen LogP contribution in [-0.4, -0.2) is 32.2 Å². The molecule has 4 aromatic rings. The minimum absolute atomic E-state index is 0.0382. The van der Waals surface area contributed by atoms with Crippen LogP contribution >= 0.6 is 0 Å². The number of halogens is 1. The van der Waals surface area contributed by atoms with Crippen molar-refractivity contribution in [3.8, 4) is 11.3 Å². The molecule has 0 bridgehead atoms. The molecule has 0 radical (unpaired) electrons. The average molecular weight is 399 g/mol. The van der Waals surface area contributed by atoms with Crippen LogP contribution in [0.15, 0.2) is 67.0 Å². The van der Waals surface area contributed by atoms with E-state index in [2.05, 4.69) is 27.1 Å². The number of aromatic amines is 2. The summed E-state index contributed by atoms with van der Waals surface area (Å²) in [5.74, 6) is 0.873. The van der Waals surface area contributed by atoms with Crippen molar-refractivity contribution < 1.29 is 4.39 Å². The molecule has 2 aromatic heterocycles. The molecule has 30 heavy (non-hydrogen) atoms. The molecule has 0 spiro atoms. The first kappa shape index (κ1) is 18.4. The minimum Gasteiger partial charge on any atom is -0.361 e. The number of hydrogen-bond acceptors (Lipinski definition) is 2. The topological polar surface area (TPSA) is 71.6 Å². The zero-order valence-corrected chi connectivity index (χ0v) is 16.4. The molecule has 6 heteroatoms. The van der Waals surface area contributed by atoms with Crippen molar-refractivity contribution in [2.75, 3.05) is 6.54 Å². The van der Waals surface area contributed by atoms with Crippen LogP contribution in [0.25, 0.3) is 28.2 Å². The number of rotatable bonds is 4. The van der Waals surface area contributed by atoms with E-state index in [1.807, 2.05) is 41.6 Å². The van der Waals surface area contributed by atoms with Gasteiger partial charge in [0.2, 0.25) is 0 Å². The second-order valence-electron chi connectivity index (χ2n) is 7.55. The first-order chi connectivity index (χ1) is 14.7. The van der Waals surface area contributed by atoms with E-state index in [0.717, 1.165) is 47.1 Å². The van der Waals surface area contributed by atoms with E-state index < -0.39 is 0 Å². The lowest BCUT2D eigenvalue weighted by molar-refractivity contribution is 0.399. The number of benzene rings is 2. The number of likely N-dealkylation sites (tertiary alicyclic amines) is 1. The van der Waals surface area contributed by atoms with E-state index in [1.54, 1.807) is 18.2 Å². The number of amidine groups is 1. The predicted octanol–water partition coefficient (Wildman–Crippen LogP) is 5.52. The molecule has 150 valence electrons. The summed E-state index contributed by atoms with van der Waals surface area (Å²) < 4.78 is 13.6. The average Bonchev–Trinajstić information content (AvgIpc) is 3.52. The van der Waals surface area contributed by atoms with Crippen molar-refractivity contribution in [2.24, 2.45) is 0 Å². The molecule has 1 aliphatic heterocycles. The Bertz CT molecular complexity index is 1240. The van der Waals surface area contributed by atoms with E-state index in [9.17, 15) is 4.39 Å². The highest BCUT2D eigenvalue weighted by Gasteiger charge is 2.27. The van der Waals surface area contributed by atoms with E-state index in [0.29, 0.717) is 11.7 Å². The van der Waals surface area contributed by atoms with Gasteiger partial charge in [0.15, 0.2) is 0 Å². The fraction of sp³-hybridized carbons (Fsp3) is 0.167. The van der Waals surface area contributed by atoms with E-state index in [1.165, 1.54) is 6.07 Å². The minimum atomic E-state index is -0.234.